The molecule has 0 bridgehead atoms. The largest absolute Gasteiger partial charge is 0.361 e. The molecule has 1 fully saturated rings. The van der Waals surface area contributed by atoms with Crippen LogP contribution in [0.15, 0.2) is 30.6 Å². The maximum Gasteiger partial charge on any atom is 0.353 e. The highest BCUT2D eigenvalue weighted by Gasteiger charge is 2.32. The van der Waals surface area contributed by atoms with E-state index in [2.05, 4.69) is 21.4 Å². The molecule has 24 heavy (non-hydrogen) atoms. The summed E-state index contributed by atoms with van der Waals surface area (Å²) >= 11 is 0. The van der Waals surface area contributed by atoms with E-state index in [4.69, 9.17) is 0 Å². The number of hydrogen-bond acceptors (Lipinski definition) is 6. The Morgan fingerprint density at radius 2 is 2.00 bits per heavy atom. The molecule has 1 aromatic heterocycles. The lowest BCUT2D eigenvalue weighted by Crippen LogP contribution is -2.21. The van der Waals surface area contributed by atoms with Crippen LogP contribution < -0.4 is 10.2 Å². The summed E-state index contributed by atoms with van der Waals surface area (Å²) in [6.45, 7) is 0.695. The zero-order valence-corrected chi connectivity index (χ0v) is 13.3. The van der Waals surface area contributed by atoms with Gasteiger partial charge in [-0.15, -0.1) is 0 Å². The SMILES string of the molecule is O=[N+]([O-])c1c(NC2CCCC2)ncnc1N1CCc2ccccc21. The molecule has 4 rings (SSSR count). The number of fused-ring (bicyclic) bond motifs is 1. The number of benzene rings is 1. The van der Waals surface area contributed by atoms with Crippen molar-refractivity contribution >= 4 is 23.0 Å². The zero-order valence-electron chi connectivity index (χ0n) is 13.3. The van der Waals surface area contributed by atoms with E-state index in [1.807, 2.05) is 23.1 Å². The van der Waals surface area contributed by atoms with Gasteiger partial charge in [0.25, 0.3) is 0 Å². The van der Waals surface area contributed by atoms with Gasteiger partial charge in [-0.2, -0.15) is 0 Å². The normalized spacial score (nSPS) is 17.1. The molecule has 2 aliphatic rings. The fourth-order valence-electron chi connectivity index (χ4n) is 3.66. The van der Waals surface area contributed by atoms with Gasteiger partial charge < -0.3 is 10.2 Å². The Bertz CT molecular complexity index is 773. The summed E-state index contributed by atoms with van der Waals surface area (Å²) in [7, 11) is 0. The zero-order chi connectivity index (χ0) is 16.5. The van der Waals surface area contributed by atoms with Crippen molar-refractivity contribution in [1.29, 1.82) is 0 Å². The van der Waals surface area contributed by atoms with Crippen molar-refractivity contribution in [3.05, 3.63) is 46.3 Å². The number of rotatable bonds is 4. The lowest BCUT2D eigenvalue weighted by molar-refractivity contribution is -0.383. The number of hydrogen-bond donors (Lipinski definition) is 1. The predicted molar refractivity (Wildman–Crippen MR) is 91.7 cm³/mol. The second kappa shape index (κ2) is 6.07. The minimum atomic E-state index is -0.368. The van der Waals surface area contributed by atoms with E-state index in [-0.39, 0.29) is 16.7 Å². The quantitative estimate of drug-likeness (QED) is 0.685. The maximum atomic E-state index is 11.7. The van der Waals surface area contributed by atoms with Crippen LogP contribution in [0.3, 0.4) is 0 Å². The summed E-state index contributed by atoms with van der Waals surface area (Å²) in [5, 5.41) is 15.0. The summed E-state index contributed by atoms with van der Waals surface area (Å²) < 4.78 is 0. The monoisotopic (exact) mass is 325 g/mol. The van der Waals surface area contributed by atoms with Crippen molar-refractivity contribution in [2.24, 2.45) is 0 Å². The molecule has 1 aliphatic heterocycles. The fourth-order valence-corrected chi connectivity index (χ4v) is 3.66. The van der Waals surface area contributed by atoms with Crippen LogP contribution in [0.5, 0.6) is 0 Å². The highest BCUT2D eigenvalue weighted by Crippen LogP contribution is 2.40. The molecule has 7 nitrogen and oxygen atoms in total. The third-order valence-corrected chi connectivity index (χ3v) is 4.82. The summed E-state index contributed by atoms with van der Waals surface area (Å²) in [6, 6.07) is 8.24. The maximum absolute atomic E-state index is 11.7. The van der Waals surface area contributed by atoms with Gasteiger partial charge in [0.15, 0.2) is 0 Å². The van der Waals surface area contributed by atoms with E-state index >= 15 is 0 Å². The third-order valence-electron chi connectivity index (χ3n) is 4.82. The van der Waals surface area contributed by atoms with Crippen LogP contribution >= 0.6 is 0 Å². The minimum absolute atomic E-state index is 0.0268. The van der Waals surface area contributed by atoms with E-state index < -0.39 is 0 Å². The Morgan fingerprint density at radius 3 is 2.79 bits per heavy atom. The van der Waals surface area contributed by atoms with Crippen LogP contribution in [0.2, 0.25) is 0 Å². The highest BCUT2D eigenvalue weighted by atomic mass is 16.6. The van der Waals surface area contributed by atoms with Crippen molar-refractivity contribution in [2.75, 3.05) is 16.8 Å². The molecule has 1 aromatic carbocycles. The van der Waals surface area contributed by atoms with Gasteiger partial charge >= 0.3 is 5.69 Å². The Morgan fingerprint density at radius 1 is 1.21 bits per heavy atom. The van der Waals surface area contributed by atoms with Gasteiger partial charge in [-0.05, 0) is 30.9 Å². The molecule has 2 heterocycles. The van der Waals surface area contributed by atoms with Crippen molar-refractivity contribution in [3.63, 3.8) is 0 Å². The molecule has 0 radical (unpaired) electrons. The summed E-state index contributed by atoms with van der Waals surface area (Å²) in [5.41, 5.74) is 2.16. The van der Waals surface area contributed by atoms with E-state index in [9.17, 15) is 10.1 Å². The van der Waals surface area contributed by atoms with Gasteiger partial charge in [0.05, 0.1) is 4.92 Å². The van der Waals surface area contributed by atoms with Crippen LogP contribution in [0.4, 0.5) is 23.0 Å². The Labute approximate surface area is 139 Å². The number of anilines is 3. The first-order valence-electron chi connectivity index (χ1n) is 8.35. The molecule has 0 atom stereocenters. The molecule has 0 amide bonds. The molecule has 1 aliphatic carbocycles. The lowest BCUT2D eigenvalue weighted by atomic mass is 10.2. The molecule has 7 heteroatoms. The first-order chi connectivity index (χ1) is 11.7. The minimum Gasteiger partial charge on any atom is -0.361 e. The van der Waals surface area contributed by atoms with Crippen LogP contribution in [0.25, 0.3) is 0 Å². The van der Waals surface area contributed by atoms with Crippen LogP contribution in [-0.2, 0) is 6.42 Å². The Kier molecular flexibility index (Phi) is 3.76. The van der Waals surface area contributed by atoms with Gasteiger partial charge in [0.2, 0.25) is 11.6 Å². The molecule has 0 unspecified atom stereocenters. The molecule has 0 spiro atoms. The average Bonchev–Trinajstić information content (AvgIpc) is 3.23. The molecule has 0 saturated heterocycles. The van der Waals surface area contributed by atoms with E-state index in [1.165, 1.54) is 11.9 Å². The Balaban J connectivity index is 1.74. The smallest absolute Gasteiger partial charge is 0.353 e. The van der Waals surface area contributed by atoms with Crippen LogP contribution in [0, 0.1) is 10.1 Å². The molecule has 2 aromatic rings. The van der Waals surface area contributed by atoms with Crippen molar-refractivity contribution in [3.8, 4) is 0 Å². The number of nitrogens with one attached hydrogen (secondary N) is 1. The first-order valence-corrected chi connectivity index (χ1v) is 8.35. The van der Waals surface area contributed by atoms with Gasteiger partial charge in [-0.25, -0.2) is 9.97 Å². The third kappa shape index (κ3) is 2.55. The molecule has 1 saturated carbocycles. The number of nitro groups is 1. The summed E-state index contributed by atoms with van der Waals surface area (Å²) in [6.07, 6.45) is 6.65. The van der Waals surface area contributed by atoms with Gasteiger partial charge in [0, 0.05) is 18.3 Å². The standard InChI is InChI=1S/C17H19N5O2/c23-22(24)15-16(20-13-6-2-3-7-13)18-11-19-17(15)21-10-9-12-5-1-4-8-14(12)21/h1,4-5,8,11,13H,2-3,6-7,9-10H2,(H,18,19,20). The topological polar surface area (TPSA) is 84.2 Å². The average molecular weight is 325 g/mol. The summed E-state index contributed by atoms with van der Waals surface area (Å²) in [4.78, 5) is 21.7. The van der Waals surface area contributed by atoms with Crippen LogP contribution in [-0.4, -0.2) is 27.5 Å². The second-order valence-corrected chi connectivity index (χ2v) is 6.31. The predicted octanol–water partition coefficient (Wildman–Crippen LogP) is 3.43. The molecule has 1 N–H and O–H groups in total. The number of aromatic nitrogens is 2. The molecular weight excluding hydrogens is 306 g/mol. The molecule has 124 valence electrons. The fraction of sp³-hybridized carbons (Fsp3) is 0.412. The second-order valence-electron chi connectivity index (χ2n) is 6.31. The number of para-hydroxylation sites is 1. The van der Waals surface area contributed by atoms with Gasteiger partial charge in [0.1, 0.15) is 6.33 Å². The van der Waals surface area contributed by atoms with Crippen LogP contribution in [0.1, 0.15) is 31.2 Å². The number of nitrogens with zero attached hydrogens (tertiary/aromatic N) is 4. The molecular formula is C17H19N5O2. The Hall–Kier alpha value is -2.70. The van der Waals surface area contributed by atoms with E-state index in [1.54, 1.807) is 0 Å². The van der Waals surface area contributed by atoms with Gasteiger partial charge in [-0.1, -0.05) is 31.0 Å². The lowest BCUT2D eigenvalue weighted by Gasteiger charge is -2.20. The van der Waals surface area contributed by atoms with Crippen molar-refractivity contribution in [1.82, 2.24) is 9.97 Å². The van der Waals surface area contributed by atoms with Gasteiger partial charge in [-0.3, -0.25) is 10.1 Å². The van der Waals surface area contributed by atoms with E-state index in [0.29, 0.717) is 18.2 Å². The van der Waals surface area contributed by atoms with Crippen molar-refractivity contribution < 1.29 is 4.92 Å². The van der Waals surface area contributed by atoms with Crippen molar-refractivity contribution in [2.45, 2.75) is 38.1 Å². The first kappa shape index (κ1) is 14.9. The van der Waals surface area contributed by atoms with E-state index in [0.717, 1.165) is 37.8 Å². The summed E-state index contributed by atoms with van der Waals surface area (Å²) in [5.74, 6) is 0.710. The highest BCUT2D eigenvalue weighted by molar-refractivity contribution is 5.78.